The van der Waals surface area contributed by atoms with Gasteiger partial charge in [0.1, 0.15) is 5.92 Å². The predicted molar refractivity (Wildman–Crippen MR) is 70.4 cm³/mol. The summed E-state index contributed by atoms with van der Waals surface area (Å²) in [5.74, 6) is -1.68. The van der Waals surface area contributed by atoms with E-state index in [9.17, 15) is 13.2 Å². The first-order chi connectivity index (χ1) is 8.18. The van der Waals surface area contributed by atoms with Crippen LogP contribution in [0.5, 0.6) is 0 Å². The lowest BCUT2D eigenvalue weighted by atomic mass is 9.78. The Balaban J connectivity index is 2.56. The Bertz CT molecular complexity index is 296. The molecule has 2 nitrogen and oxygen atoms in total. The zero-order chi connectivity index (χ0) is 14.0. The molecule has 18 heavy (non-hydrogen) atoms. The van der Waals surface area contributed by atoms with Gasteiger partial charge < -0.3 is 10.6 Å². The molecule has 1 aliphatic rings. The molecule has 0 aromatic heterocycles. The Hall–Kier alpha value is -0.360. The minimum atomic E-state index is -4.34. The summed E-state index contributed by atoms with van der Waals surface area (Å²) in [4.78, 5) is 1.38. The molecule has 0 bridgehead atoms. The second-order valence-electron chi connectivity index (χ2n) is 5.46. The smallest absolute Gasteiger partial charge is 0.393 e. The summed E-state index contributed by atoms with van der Waals surface area (Å²) in [6.45, 7) is 5.61. The summed E-state index contributed by atoms with van der Waals surface area (Å²) in [6, 6.07) is 0. The van der Waals surface area contributed by atoms with Crippen LogP contribution >= 0.6 is 12.2 Å². The van der Waals surface area contributed by atoms with Gasteiger partial charge in [0, 0.05) is 6.54 Å². The Morgan fingerprint density at radius 2 is 1.89 bits per heavy atom. The fourth-order valence-electron chi connectivity index (χ4n) is 2.24. The second-order valence-corrected chi connectivity index (χ2v) is 5.93. The molecule has 0 aromatic rings. The molecule has 0 saturated carbocycles. The summed E-state index contributed by atoms with van der Waals surface area (Å²) in [5.41, 5.74) is 5.48. The molecule has 2 N–H and O–H groups in total. The maximum Gasteiger partial charge on any atom is 0.399 e. The van der Waals surface area contributed by atoms with Gasteiger partial charge >= 0.3 is 6.18 Å². The summed E-state index contributed by atoms with van der Waals surface area (Å²) < 4.78 is 38.2. The third-order valence-electron chi connectivity index (χ3n) is 4.10. The Labute approximate surface area is 112 Å². The van der Waals surface area contributed by atoms with E-state index in [4.69, 9.17) is 5.73 Å². The maximum absolute atomic E-state index is 12.7. The van der Waals surface area contributed by atoms with Crippen LogP contribution in [0.4, 0.5) is 13.2 Å². The molecule has 6 heteroatoms. The van der Waals surface area contributed by atoms with Gasteiger partial charge in [0.2, 0.25) is 0 Å². The lowest BCUT2D eigenvalue weighted by Crippen LogP contribution is -2.47. The average Bonchev–Trinajstić information content (AvgIpc) is 2.26. The van der Waals surface area contributed by atoms with Crippen molar-refractivity contribution in [1.82, 2.24) is 4.90 Å². The third kappa shape index (κ3) is 4.09. The number of nitrogens with two attached hydrogens (primary N) is 1. The zero-order valence-corrected chi connectivity index (χ0v) is 11.7. The zero-order valence-electron chi connectivity index (χ0n) is 10.9. The van der Waals surface area contributed by atoms with Crippen molar-refractivity contribution in [2.24, 2.45) is 17.1 Å². The number of hydrogen-bond acceptors (Lipinski definition) is 2. The molecule has 0 spiro atoms. The first-order valence-corrected chi connectivity index (χ1v) is 6.67. The van der Waals surface area contributed by atoms with E-state index < -0.39 is 17.1 Å². The molecule has 0 radical (unpaired) electrons. The molecular formula is C12H21F3N2S. The van der Waals surface area contributed by atoms with E-state index in [2.05, 4.69) is 26.1 Å². The van der Waals surface area contributed by atoms with Crippen LogP contribution < -0.4 is 5.73 Å². The molecule has 1 heterocycles. The summed E-state index contributed by atoms with van der Waals surface area (Å²) in [7, 11) is 0. The van der Waals surface area contributed by atoms with Crippen LogP contribution in [0, 0.1) is 11.3 Å². The summed E-state index contributed by atoms with van der Waals surface area (Å²) in [6.07, 6.45) is -1.40. The highest BCUT2D eigenvalue weighted by molar-refractivity contribution is 7.80. The predicted octanol–water partition coefficient (Wildman–Crippen LogP) is 2.96. The number of alkyl halides is 3. The van der Waals surface area contributed by atoms with Gasteiger partial charge in [-0.1, -0.05) is 32.5 Å². The fourth-order valence-corrected chi connectivity index (χ4v) is 2.45. The molecule has 0 amide bonds. The van der Waals surface area contributed by atoms with Crippen molar-refractivity contribution < 1.29 is 13.2 Å². The molecule has 1 rings (SSSR count). The van der Waals surface area contributed by atoms with Crippen LogP contribution in [-0.2, 0) is 0 Å². The maximum atomic E-state index is 12.7. The van der Waals surface area contributed by atoms with E-state index in [0.717, 1.165) is 19.3 Å². The Kier molecular flexibility index (Phi) is 5.00. The Morgan fingerprint density at radius 1 is 1.39 bits per heavy atom. The van der Waals surface area contributed by atoms with Crippen molar-refractivity contribution in [2.45, 2.75) is 39.3 Å². The van der Waals surface area contributed by atoms with Crippen LogP contribution in [-0.4, -0.2) is 35.7 Å². The SMILES string of the molecule is CCC1(C)CCN(CC(C(N)=S)C(F)(F)F)CC1. The van der Waals surface area contributed by atoms with Gasteiger partial charge in [-0.2, -0.15) is 13.2 Å². The summed E-state index contributed by atoms with van der Waals surface area (Å²) >= 11 is 4.53. The van der Waals surface area contributed by atoms with E-state index in [-0.39, 0.29) is 12.0 Å². The number of likely N-dealkylation sites (tertiary alicyclic amines) is 1. The summed E-state index contributed by atoms with van der Waals surface area (Å²) in [5, 5.41) is 0. The molecule has 1 unspecified atom stereocenters. The molecule has 1 atom stereocenters. The van der Waals surface area contributed by atoms with Crippen molar-refractivity contribution in [3.05, 3.63) is 0 Å². The van der Waals surface area contributed by atoms with E-state index in [0.29, 0.717) is 13.1 Å². The number of piperidine rings is 1. The molecule has 0 aliphatic carbocycles. The van der Waals surface area contributed by atoms with Crippen molar-refractivity contribution in [3.8, 4) is 0 Å². The highest BCUT2D eigenvalue weighted by Gasteiger charge is 2.43. The third-order valence-corrected chi connectivity index (χ3v) is 4.38. The van der Waals surface area contributed by atoms with Gasteiger partial charge in [0.25, 0.3) is 0 Å². The molecule has 106 valence electrons. The van der Waals surface area contributed by atoms with E-state index in [1.165, 1.54) is 0 Å². The standard InChI is InChI=1S/C12H21F3N2S/c1-3-11(2)4-6-17(7-5-11)8-9(10(16)18)12(13,14)15/h9H,3-8H2,1-2H3,(H2,16,18). The van der Waals surface area contributed by atoms with E-state index >= 15 is 0 Å². The molecule has 1 aliphatic heterocycles. The van der Waals surface area contributed by atoms with Gasteiger partial charge in [-0.25, -0.2) is 0 Å². The second kappa shape index (κ2) is 5.74. The van der Waals surface area contributed by atoms with E-state index in [1.54, 1.807) is 0 Å². The molecule has 1 saturated heterocycles. The van der Waals surface area contributed by atoms with Crippen molar-refractivity contribution >= 4 is 17.2 Å². The monoisotopic (exact) mass is 282 g/mol. The number of hydrogen-bond donors (Lipinski definition) is 1. The normalized spacial score (nSPS) is 22.7. The first kappa shape index (κ1) is 15.7. The average molecular weight is 282 g/mol. The van der Waals surface area contributed by atoms with Gasteiger partial charge in [-0.15, -0.1) is 0 Å². The number of rotatable bonds is 4. The molecule has 1 fully saturated rings. The minimum absolute atomic E-state index is 0.0986. The van der Waals surface area contributed by atoms with Gasteiger partial charge in [0.15, 0.2) is 0 Å². The molecule has 0 aromatic carbocycles. The van der Waals surface area contributed by atoms with E-state index in [1.807, 2.05) is 4.90 Å². The van der Waals surface area contributed by atoms with Gasteiger partial charge in [-0.3, -0.25) is 0 Å². The Morgan fingerprint density at radius 3 is 2.22 bits per heavy atom. The number of halogens is 3. The lowest BCUT2D eigenvalue weighted by Gasteiger charge is -2.40. The van der Waals surface area contributed by atoms with Crippen molar-refractivity contribution in [3.63, 3.8) is 0 Å². The number of thiocarbonyl (C=S) groups is 1. The van der Waals surface area contributed by atoms with Crippen LogP contribution in [0.25, 0.3) is 0 Å². The fraction of sp³-hybridized carbons (Fsp3) is 0.917. The van der Waals surface area contributed by atoms with Crippen LogP contribution in [0.15, 0.2) is 0 Å². The van der Waals surface area contributed by atoms with Crippen molar-refractivity contribution in [2.75, 3.05) is 19.6 Å². The van der Waals surface area contributed by atoms with Crippen LogP contribution in [0.2, 0.25) is 0 Å². The van der Waals surface area contributed by atoms with Crippen LogP contribution in [0.3, 0.4) is 0 Å². The van der Waals surface area contributed by atoms with Crippen LogP contribution in [0.1, 0.15) is 33.1 Å². The topological polar surface area (TPSA) is 29.3 Å². The lowest BCUT2D eigenvalue weighted by molar-refractivity contribution is -0.160. The number of nitrogens with zero attached hydrogens (tertiary/aromatic N) is 1. The largest absolute Gasteiger partial charge is 0.399 e. The minimum Gasteiger partial charge on any atom is -0.393 e. The molecular weight excluding hydrogens is 261 g/mol. The van der Waals surface area contributed by atoms with Gasteiger partial charge in [-0.05, 0) is 31.3 Å². The van der Waals surface area contributed by atoms with Gasteiger partial charge in [0.05, 0.1) is 4.99 Å². The highest BCUT2D eigenvalue weighted by Crippen LogP contribution is 2.35. The quantitative estimate of drug-likeness (QED) is 0.804. The highest BCUT2D eigenvalue weighted by atomic mass is 32.1. The first-order valence-electron chi connectivity index (χ1n) is 6.26. The van der Waals surface area contributed by atoms with Crippen molar-refractivity contribution in [1.29, 1.82) is 0 Å².